The van der Waals surface area contributed by atoms with Gasteiger partial charge in [0.15, 0.2) is 0 Å². The lowest BCUT2D eigenvalue weighted by molar-refractivity contribution is -0.750. The number of alkyl halides is 3. The number of quaternary nitrogens is 1. The number of carbonyl (C=O) groups is 2. The van der Waals surface area contributed by atoms with E-state index in [1.807, 2.05) is 0 Å². The van der Waals surface area contributed by atoms with E-state index in [1.54, 1.807) is 49.5 Å². The number of allylic oxidation sites excluding steroid dienone is 1. The molecule has 1 saturated heterocycles. The number of likely N-dealkylation sites (tertiary alicyclic amines) is 1. The third-order valence-electron chi connectivity index (χ3n) is 7.90. The van der Waals surface area contributed by atoms with Gasteiger partial charge in [-0.15, -0.1) is 4.59 Å². The number of piperidine rings is 1. The van der Waals surface area contributed by atoms with Crippen LogP contribution in [-0.4, -0.2) is 56.6 Å². The van der Waals surface area contributed by atoms with Gasteiger partial charge in [-0.1, -0.05) is 5.16 Å². The molecule has 0 saturated carbocycles. The fourth-order valence-corrected chi connectivity index (χ4v) is 5.67. The number of hydrogen-bond donors (Lipinski definition) is 2. The molecule has 6 rings (SSSR count). The summed E-state index contributed by atoms with van der Waals surface area (Å²) < 4.78 is 44.1. The van der Waals surface area contributed by atoms with Crippen molar-refractivity contribution in [1.82, 2.24) is 15.0 Å². The molecule has 0 bridgehead atoms. The quantitative estimate of drug-likeness (QED) is 0.319. The number of nitrogens with zero attached hydrogens (tertiary/aromatic N) is 6. The molecule has 226 valence electrons. The second-order valence-electron chi connectivity index (χ2n) is 10.8. The zero-order chi connectivity index (χ0) is 31.2. The monoisotopic (exact) mass is 605 g/mol. The molecular weight excluding hydrogens is 577 g/mol. The Morgan fingerprint density at radius 2 is 1.93 bits per heavy atom. The minimum Gasteiger partial charge on any atom is -0.361 e. The maximum atomic E-state index is 13.4. The maximum absolute atomic E-state index is 13.4. The van der Waals surface area contributed by atoms with Crippen LogP contribution >= 0.6 is 0 Å². The van der Waals surface area contributed by atoms with Crippen LogP contribution in [0.4, 0.5) is 19.0 Å². The predicted octanol–water partition coefficient (Wildman–Crippen LogP) is 4.73. The number of pyridine rings is 1. The third-order valence-corrected chi connectivity index (χ3v) is 7.90. The van der Waals surface area contributed by atoms with Gasteiger partial charge >= 0.3 is 6.18 Å². The number of amidine groups is 1. The van der Waals surface area contributed by atoms with Gasteiger partial charge in [0.25, 0.3) is 17.6 Å². The number of aryl methyl sites for hydroxylation is 2. The van der Waals surface area contributed by atoms with E-state index in [9.17, 15) is 22.8 Å². The summed E-state index contributed by atoms with van der Waals surface area (Å²) >= 11 is 0. The van der Waals surface area contributed by atoms with Crippen molar-refractivity contribution in [3.05, 3.63) is 100 Å². The molecule has 44 heavy (non-hydrogen) atoms. The normalized spacial score (nSPS) is 21.4. The van der Waals surface area contributed by atoms with Gasteiger partial charge in [0.1, 0.15) is 29.0 Å². The van der Waals surface area contributed by atoms with Crippen LogP contribution in [0.25, 0.3) is 0 Å². The van der Waals surface area contributed by atoms with Crippen LogP contribution in [0.1, 0.15) is 56.1 Å². The van der Waals surface area contributed by atoms with Crippen molar-refractivity contribution in [3.63, 3.8) is 0 Å². The van der Waals surface area contributed by atoms with Gasteiger partial charge in [-0.25, -0.2) is 4.98 Å². The molecule has 11 nitrogen and oxygen atoms in total. The highest BCUT2D eigenvalue weighted by molar-refractivity contribution is 6.05. The topological polar surface area (TPSA) is 139 Å². The zero-order valence-corrected chi connectivity index (χ0v) is 23.8. The Balaban J connectivity index is 1.24. The Morgan fingerprint density at radius 3 is 2.64 bits per heavy atom. The predicted molar refractivity (Wildman–Crippen MR) is 154 cm³/mol. The molecule has 2 atom stereocenters. The molecule has 3 aliphatic heterocycles. The van der Waals surface area contributed by atoms with Gasteiger partial charge in [-0.05, 0) is 63.1 Å². The number of rotatable bonds is 5. The summed E-state index contributed by atoms with van der Waals surface area (Å²) in [4.78, 5) is 41.1. The average molecular weight is 606 g/mol. The minimum absolute atomic E-state index is 0.107. The second-order valence-corrected chi connectivity index (χ2v) is 10.8. The van der Waals surface area contributed by atoms with Crippen LogP contribution in [-0.2, 0) is 6.18 Å². The first kappa shape index (κ1) is 29.1. The first-order valence-electron chi connectivity index (χ1n) is 13.8. The number of carbonyl (C=O) groups excluding carboxylic acids is 2. The van der Waals surface area contributed by atoms with Crippen LogP contribution < -0.4 is 11.2 Å². The summed E-state index contributed by atoms with van der Waals surface area (Å²) in [5, 5.41) is 6.32. The minimum atomic E-state index is -4.56. The molecule has 2 aromatic heterocycles. The Kier molecular flexibility index (Phi) is 7.25. The Labute approximate surface area is 249 Å². The van der Waals surface area contributed by atoms with E-state index < -0.39 is 17.6 Å². The smallest absolute Gasteiger partial charge is 0.361 e. The van der Waals surface area contributed by atoms with Crippen molar-refractivity contribution in [2.24, 2.45) is 21.7 Å². The number of amides is 2. The first-order chi connectivity index (χ1) is 21.0. The number of anilines is 1. The van der Waals surface area contributed by atoms with Crippen LogP contribution in [0.2, 0.25) is 0 Å². The van der Waals surface area contributed by atoms with Crippen molar-refractivity contribution in [1.29, 1.82) is 0 Å². The number of aromatic nitrogens is 2. The SMILES string of the molecule is Cc1noc(C)c1C(=O)N1CCCC(C2=C3C=NC=C[N+]3(N)C(c3ccc(C(=O)Nc4cc(C(F)(F)F)ccn4)cc3)=N2)C1. The summed E-state index contributed by atoms with van der Waals surface area (Å²) in [7, 11) is 0. The van der Waals surface area contributed by atoms with Gasteiger partial charge in [0.2, 0.25) is 5.70 Å². The number of aliphatic imine (C=N–C) groups is 2. The molecule has 2 unspecified atom stereocenters. The van der Waals surface area contributed by atoms with E-state index in [2.05, 4.69) is 20.4 Å². The largest absolute Gasteiger partial charge is 0.416 e. The molecular formula is C30H28F3N8O3+. The second kappa shape index (κ2) is 11.0. The highest BCUT2D eigenvalue weighted by atomic mass is 19.4. The molecule has 0 radical (unpaired) electrons. The van der Waals surface area contributed by atoms with Gasteiger partial charge in [0.05, 0.1) is 29.2 Å². The average Bonchev–Trinajstić information content (AvgIpc) is 3.51. The number of hydrogen-bond acceptors (Lipinski definition) is 8. The number of nitrogens with one attached hydrogen (secondary N) is 1. The van der Waals surface area contributed by atoms with E-state index in [1.165, 1.54) is 12.1 Å². The van der Waals surface area contributed by atoms with E-state index in [4.69, 9.17) is 15.4 Å². The fourth-order valence-electron chi connectivity index (χ4n) is 5.67. The lowest BCUT2D eigenvalue weighted by atomic mass is 9.93. The number of fused-ring (bicyclic) bond motifs is 1. The summed E-state index contributed by atoms with van der Waals surface area (Å²) in [5.74, 6) is 6.78. The van der Waals surface area contributed by atoms with E-state index in [0.29, 0.717) is 47.2 Å². The molecule has 5 heterocycles. The van der Waals surface area contributed by atoms with Crippen molar-refractivity contribution in [3.8, 4) is 0 Å². The first-order valence-corrected chi connectivity index (χ1v) is 13.8. The van der Waals surface area contributed by atoms with Crippen molar-refractivity contribution in [2.75, 3.05) is 18.4 Å². The fraction of sp³-hybridized carbons (Fsp3) is 0.267. The van der Waals surface area contributed by atoms with E-state index in [-0.39, 0.29) is 27.8 Å². The molecule has 3 aromatic rings. The number of halogens is 3. The number of benzene rings is 1. The van der Waals surface area contributed by atoms with Gasteiger partial charge in [0, 0.05) is 30.8 Å². The molecule has 1 fully saturated rings. The molecule has 1 aromatic carbocycles. The zero-order valence-electron chi connectivity index (χ0n) is 23.8. The van der Waals surface area contributed by atoms with E-state index in [0.717, 1.165) is 36.9 Å². The van der Waals surface area contributed by atoms with Crippen molar-refractivity contribution >= 4 is 29.7 Å². The van der Waals surface area contributed by atoms with Crippen LogP contribution in [0.15, 0.2) is 80.9 Å². The lowest BCUT2D eigenvalue weighted by Crippen LogP contribution is -2.53. The van der Waals surface area contributed by atoms with Gasteiger partial charge in [-0.2, -0.15) is 24.0 Å². The van der Waals surface area contributed by atoms with Crippen molar-refractivity contribution in [2.45, 2.75) is 32.9 Å². The summed E-state index contributed by atoms with van der Waals surface area (Å²) in [5.41, 5.74) is 2.34. The Morgan fingerprint density at radius 1 is 1.16 bits per heavy atom. The van der Waals surface area contributed by atoms with Gasteiger partial charge < -0.3 is 14.7 Å². The van der Waals surface area contributed by atoms with Crippen LogP contribution in [0, 0.1) is 19.8 Å². The molecule has 14 heteroatoms. The maximum Gasteiger partial charge on any atom is 0.416 e. The molecule has 3 N–H and O–H groups in total. The van der Waals surface area contributed by atoms with Crippen molar-refractivity contribution < 1.29 is 31.9 Å². The highest BCUT2D eigenvalue weighted by Crippen LogP contribution is 2.38. The highest BCUT2D eigenvalue weighted by Gasteiger charge is 2.46. The standard InChI is InChI=1S/C30H27F3N8O3/c1-17-25(18(2)44-39-17)29(43)40-12-3-4-21(16-40)26-23-15-35-11-13-41(23,34)27(38-26)19-5-7-20(8-6-19)28(42)37-24-14-22(9-10-36-24)30(31,32)33/h5-11,13-15,21H,3-4,12,16,34H2,1-2H3/p+1. The molecule has 2 amide bonds. The summed E-state index contributed by atoms with van der Waals surface area (Å²) in [6.07, 6.45) is 2.94. The van der Waals surface area contributed by atoms with Crippen LogP contribution in [0.5, 0.6) is 0 Å². The Hall–Kier alpha value is -4.95. The number of nitrogens with two attached hydrogens (primary N) is 1. The third kappa shape index (κ3) is 5.22. The molecule has 3 aliphatic rings. The lowest BCUT2D eigenvalue weighted by Gasteiger charge is -2.33. The summed E-state index contributed by atoms with van der Waals surface area (Å²) in [6, 6.07) is 8.03. The Bertz CT molecular complexity index is 1750. The molecule has 0 aliphatic carbocycles. The molecule has 0 spiro atoms. The van der Waals surface area contributed by atoms with Crippen LogP contribution in [0.3, 0.4) is 0 Å². The van der Waals surface area contributed by atoms with Gasteiger partial charge in [-0.3, -0.25) is 14.6 Å². The summed E-state index contributed by atoms with van der Waals surface area (Å²) in [6.45, 7) is 4.48. The van der Waals surface area contributed by atoms with E-state index >= 15 is 0 Å².